The van der Waals surface area contributed by atoms with Gasteiger partial charge in [-0.25, -0.2) is 0 Å². The number of likely N-dealkylation sites (tertiary alicyclic amines) is 1. The van der Waals surface area contributed by atoms with Crippen molar-refractivity contribution in [3.8, 4) is 0 Å². The lowest BCUT2D eigenvalue weighted by Crippen LogP contribution is -2.50. The molecule has 0 unspecified atom stereocenters. The largest absolute Gasteiger partial charge is 0.358 e. The van der Waals surface area contributed by atoms with Crippen molar-refractivity contribution >= 4 is 16.8 Å². The SMILES string of the molecule is C[C@H](C(=O)NC1CCCC1)N1CCC(c2cc3ccccc3[nH]2)CC1. The highest BCUT2D eigenvalue weighted by Gasteiger charge is 2.29. The van der Waals surface area contributed by atoms with Crippen molar-refractivity contribution in [3.05, 3.63) is 36.0 Å². The Morgan fingerprint density at radius 2 is 1.88 bits per heavy atom. The zero-order chi connectivity index (χ0) is 17.2. The molecule has 4 nitrogen and oxygen atoms in total. The Labute approximate surface area is 150 Å². The van der Waals surface area contributed by atoms with Gasteiger partial charge >= 0.3 is 0 Å². The van der Waals surface area contributed by atoms with Gasteiger partial charge in [0.1, 0.15) is 0 Å². The Hall–Kier alpha value is -1.81. The summed E-state index contributed by atoms with van der Waals surface area (Å²) in [5.41, 5.74) is 2.58. The number of carbonyl (C=O) groups is 1. The second kappa shape index (κ2) is 7.20. The van der Waals surface area contributed by atoms with Crippen LogP contribution in [0.4, 0.5) is 0 Å². The standard InChI is InChI=1S/C21H29N3O/c1-15(21(25)22-18-7-3-4-8-18)24-12-10-16(11-13-24)20-14-17-6-2-5-9-19(17)23-20/h2,5-6,9,14-16,18,23H,3-4,7-8,10-13H2,1H3,(H,22,25)/t15-/m1/s1. The number of hydrogen-bond donors (Lipinski definition) is 2. The van der Waals surface area contributed by atoms with Crippen molar-refractivity contribution in [2.45, 2.75) is 63.5 Å². The molecule has 4 heteroatoms. The summed E-state index contributed by atoms with van der Waals surface area (Å²) in [6.45, 7) is 4.06. The van der Waals surface area contributed by atoms with Gasteiger partial charge < -0.3 is 10.3 Å². The molecule has 2 fully saturated rings. The second-order valence-corrected chi connectivity index (χ2v) is 7.79. The van der Waals surface area contributed by atoms with Gasteiger partial charge in [-0.15, -0.1) is 0 Å². The summed E-state index contributed by atoms with van der Waals surface area (Å²) < 4.78 is 0. The predicted octanol–water partition coefficient (Wildman–Crippen LogP) is 3.79. The van der Waals surface area contributed by atoms with E-state index in [1.807, 2.05) is 0 Å². The minimum Gasteiger partial charge on any atom is -0.358 e. The number of aromatic amines is 1. The minimum absolute atomic E-state index is 0.00994. The van der Waals surface area contributed by atoms with E-state index in [9.17, 15) is 4.79 Å². The van der Waals surface area contributed by atoms with Crippen molar-refractivity contribution < 1.29 is 4.79 Å². The van der Waals surface area contributed by atoms with Gasteiger partial charge in [-0.3, -0.25) is 9.69 Å². The van der Waals surface area contributed by atoms with Gasteiger partial charge in [0, 0.05) is 23.2 Å². The lowest BCUT2D eigenvalue weighted by atomic mass is 9.92. The van der Waals surface area contributed by atoms with Crippen molar-refractivity contribution in [2.75, 3.05) is 13.1 Å². The topological polar surface area (TPSA) is 48.1 Å². The molecular formula is C21H29N3O. The first kappa shape index (κ1) is 16.6. The van der Waals surface area contributed by atoms with Crippen LogP contribution in [0, 0.1) is 0 Å². The third-order valence-electron chi connectivity index (χ3n) is 6.15. The highest BCUT2D eigenvalue weighted by molar-refractivity contribution is 5.82. The van der Waals surface area contributed by atoms with Crippen LogP contribution < -0.4 is 5.32 Å². The first-order valence-electron chi connectivity index (χ1n) is 9.83. The van der Waals surface area contributed by atoms with Crippen molar-refractivity contribution in [1.29, 1.82) is 0 Å². The molecule has 0 spiro atoms. The quantitative estimate of drug-likeness (QED) is 0.890. The summed E-state index contributed by atoms with van der Waals surface area (Å²) in [6, 6.07) is 11.2. The molecule has 1 atom stereocenters. The Balaban J connectivity index is 1.33. The normalized spacial score (nSPS) is 21.6. The van der Waals surface area contributed by atoms with Gasteiger partial charge in [0.2, 0.25) is 5.91 Å². The molecule has 1 aromatic heterocycles. The zero-order valence-corrected chi connectivity index (χ0v) is 15.1. The van der Waals surface area contributed by atoms with E-state index in [4.69, 9.17) is 0 Å². The molecular weight excluding hydrogens is 310 g/mol. The Morgan fingerprint density at radius 3 is 2.60 bits per heavy atom. The number of nitrogens with one attached hydrogen (secondary N) is 2. The van der Waals surface area contributed by atoms with E-state index in [-0.39, 0.29) is 11.9 Å². The fourth-order valence-corrected chi connectivity index (χ4v) is 4.47. The first-order valence-corrected chi connectivity index (χ1v) is 9.83. The van der Waals surface area contributed by atoms with E-state index >= 15 is 0 Å². The van der Waals surface area contributed by atoms with E-state index in [1.54, 1.807) is 0 Å². The lowest BCUT2D eigenvalue weighted by molar-refractivity contribution is -0.127. The summed E-state index contributed by atoms with van der Waals surface area (Å²) >= 11 is 0. The fraction of sp³-hybridized carbons (Fsp3) is 0.571. The number of nitrogens with zero attached hydrogens (tertiary/aromatic N) is 1. The van der Waals surface area contributed by atoms with Crippen LogP contribution in [0.15, 0.2) is 30.3 Å². The first-order chi connectivity index (χ1) is 12.2. The van der Waals surface area contributed by atoms with E-state index in [2.05, 4.69) is 52.5 Å². The number of fused-ring (bicyclic) bond motifs is 1. The molecule has 1 aromatic carbocycles. The summed E-state index contributed by atoms with van der Waals surface area (Å²) in [6.07, 6.45) is 7.06. The third-order valence-corrected chi connectivity index (χ3v) is 6.15. The van der Waals surface area contributed by atoms with Crippen LogP contribution in [0.25, 0.3) is 10.9 Å². The Kier molecular flexibility index (Phi) is 4.80. The molecule has 1 aliphatic carbocycles. The number of carbonyl (C=O) groups excluding carboxylic acids is 1. The van der Waals surface area contributed by atoms with E-state index < -0.39 is 0 Å². The highest BCUT2D eigenvalue weighted by Crippen LogP contribution is 2.30. The highest BCUT2D eigenvalue weighted by atomic mass is 16.2. The third kappa shape index (κ3) is 3.59. The molecule has 4 rings (SSSR count). The predicted molar refractivity (Wildman–Crippen MR) is 102 cm³/mol. The lowest BCUT2D eigenvalue weighted by Gasteiger charge is -2.35. The van der Waals surface area contributed by atoms with Gasteiger partial charge in [0.05, 0.1) is 6.04 Å². The average Bonchev–Trinajstić information content (AvgIpc) is 3.30. The Morgan fingerprint density at radius 1 is 1.16 bits per heavy atom. The molecule has 1 saturated heterocycles. The maximum atomic E-state index is 12.5. The van der Waals surface area contributed by atoms with Crippen LogP contribution in [-0.2, 0) is 4.79 Å². The number of piperidine rings is 1. The van der Waals surface area contributed by atoms with Gasteiger partial charge in [-0.2, -0.15) is 0 Å². The zero-order valence-electron chi connectivity index (χ0n) is 15.1. The number of para-hydroxylation sites is 1. The van der Waals surface area contributed by atoms with Gasteiger partial charge in [-0.1, -0.05) is 31.0 Å². The molecule has 2 aromatic rings. The maximum absolute atomic E-state index is 12.5. The van der Waals surface area contributed by atoms with Gasteiger partial charge in [0.15, 0.2) is 0 Å². The van der Waals surface area contributed by atoms with Crippen molar-refractivity contribution in [1.82, 2.24) is 15.2 Å². The summed E-state index contributed by atoms with van der Waals surface area (Å²) in [5.74, 6) is 0.796. The molecule has 0 radical (unpaired) electrons. The molecule has 1 aliphatic heterocycles. The number of hydrogen-bond acceptors (Lipinski definition) is 2. The van der Waals surface area contributed by atoms with Crippen LogP contribution in [0.2, 0.25) is 0 Å². The van der Waals surface area contributed by atoms with Crippen molar-refractivity contribution in [3.63, 3.8) is 0 Å². The molecule has 25 heavy (non-hydrogen) atoms. The minimum atomic E-state index is -0.00994. The summed E-state index contributed by atoms with van der Waals surface area (Å²) in [7, 11) is 0. The van der Waals surface area contributed by atoms with E-state index in [0.717, 1.165) is 38.8 Å². The fourth-order valence-electron chi connectivity index (χ4n) is 4.47. The number of benzene rings is 1. The molecule has 2 aliphatic rings. The number of amides is 1. The molecule has 0 bridgehead atoms. The monoisotopic (exact) mass is 339 g/mol. The van der Waals surface area contributed by atoms with Gasteiger partial charge in [-0.05, 0) is 63.2 Å². The Bertz CT molecular complexity index is 691. The molecule has 1 amide bonds. The van der Waals surface area contributed by atoms with Crippen LogP contribution in [0.3, 0.4) is 0 Å². The number of aromatic nitrogens is 1. The van der Waals surface area contributed by atoms with E-state index in [1.165, 1.54) is 29.4 Å². The second-order valence-electron chi connectivity index (χ2n) is 7.79. The van der Waals surface area contributed by atoms with Crippen LogP contribution in [0.1, 0.15) is 57.1 Å². The molecule has 2 heterocycles. The number of rotatable bonds is 4. The number of H-pyrrole nitrogens is 1. The molecule has 2 N–H and O–H groups in total. The van der Waals surface area contributed by atoms with Crippen LogP contribution in [-0.4, -0.2) is 41.0 Å². The summed E-state index contributed by atoms with van der Waals surface area (Å²) in [4.78, 5) is 18.4. The van der Waals surface area contributed by atoms with E-state index in [0.29, 0.717) is 12.0 Å². The molecule has 134 valence electrons. The average molecular weight is 339 g/mol. The van der Waals surface area contributed by atoms with Crippen LogP contribution in [0.5, 0.6) is 0 Å². The molecule has 1 saturated carbocycles. The smallest absolute Gasteiger partial charge is 0.237 e. The van der Waals surface area contributed by atoms with Crippen molar-refractivity contribution in [2.24, 2.45) is 0 Å². The van der Waals surface area contributed by atoms with Gasteiger partial charge in [0.25, 0.3) is 0 Å². The summed E-state index contributed by atoms with van der Waals surface area (Å²) in [5, 5.41) is 4.55. The van der Waals surface area contributed by atoms with Crippen LogP contribution >= 0.6 is 0 Å². The maximum Gasteiger partial charge on any atom is 0.237 e.